The highest BCUT2D eigenvalue weighted by Crippen LogP contribution is 2.28. The maximum atomic E-state index is 6.03. The summed E-state index contributed by atoms with van der Waals surface area (Å²) in [6.07, 6.45) is 0.164. The van der Waals surface area contributed by atoms with E-state index in [4.69, 9.17) is 23.7 Å². The van der Waals surface area contributed by atoms with Crippen LogP contribution in [0, 0.1) is 0 Å². The van der Waals surface area contributed by atoms with Crippen LogP contribution in [0.2, 0.25) is 0 Å². The van der Waals surface area contributed by atoms with Crippen molar-refractivity contribution in [3.63, 3.8) is 0 Å². The second-order valence-corrected chi connectivity index (χ2v) is 5.03. The van der Waals surface area contributed by atoms with E-state index in [1.807, 2.05) is 18.2 Å². The molecule has 0 bridgehead atoms. The van der Waals surface area contributed by atoms with Gasteiger partial charge in [-0.2, -0.15) is 0 Å². The summed E-state index contributed by atoms with van der Waals surface area (Å²) in [6.45, 7) is 1.39. The highest BCUT2D eigenvalue weighted by Gasteiger charge is 2.42. The molecule has 2 saturated heterocycles. The van der Waals surface area contributed by atoms with Crippen molar-refractivity contribution >= 4 is 0 Å². The minimum Gasteiger partial charge on any atom is -0.371 e. The highest BCUT2D eigenvalue weighted by atomic mass is 16.7. The number of rotatable bonds is 4. The first-order chi connectivity index (χ1) is 9.86. The molecule has 1 aromatic rings. The van der Waals surface area contributed by atoms with Gasteiger partial charge in [0.1, 0.15) is 19.0 Å². The van der Waals surface area contributed by atoms with Crippen molar-refractivity contribution in [1.29, 1.82) is 0 Å². The summed E-state index contributed by atoms with van der Waals surface area (Å²) in [4.78, 5) is 0. The van der Waals surface area contributed by atoms with E-state index in [-0.39, 0.29) is 24.6 Å². The van der Waals surface area contributed by atoms with E-state index in [9.17, 15) is 0 Å². The van der Waals surface area contributed by atoms with Crippen LogP contribution >= 0.6 is 0 Å². The number of hydrogen-bond acceptors (Lipinski definition) is 5. The third-order valence-electron chi connectivity index (χ3n) is 3.68. The number of methoxy groups -OCH3 is 1. The molecule has 5 nitrogen and oxygen atoms in total. The summed E-state index contributed by atoms with van der Waals surface area (Å²) in [5, 5.41) is 0. The summed E-state index contributed by atoms with van der Waals surface area (Å²) in [5.74, 6) is 0. The molecule has 0 aliphatic carbocycles. The third-order valence-corrected chi connectivity index (χ3v) is 3.68. The zero-order chi connectivity index (χ0) is 13.8. The molecule has 2 aliphatic heterocycles. The van der Waals surface area contributed by atoms with Crippen molar-refractivity contribution in [3.05, 3.63) is 35.9 Å². The van der Waals surface area contributed by atoms with Gasteiger partial charge in [0.2, 0.25) is 0 Å². The Labute approximate surface area is 118 Å². The molecule has 0 spiro atoms. The van der Waals surface area contributed by atoms with Gasteiger partial charge in [-0.05, 0) is 5.56 Å². The molecule has 0 aromatic heterocycles. The summed E-state index contributed by atoms with van der Waals surface area (Å²) < 4.78 is 28.0. The van der Waals surface area contributed by atoms with Crippen molar-refractivity contribution in [2.24, 2.45) is 0 Å². The largest absolute Gasteiger partial charge is 0.371 e. The zero-order valence-electron chi connectivity index (χ0n) is 11.6. The molecule has 3 rings (SSSR count). The number of hydrogen-bond donors (Lipinski definition) is 0. The van der Waals surface area contributed by atoms with Crippen molar-refractivity contribution < 1.29 is 23.7 Å². The molecule has 0 unspecified atom stereocenters. The Balaban J connectivity index is 1.63. The van der Waals surface area contributed by atoms with Crippen molar-refractivity contribution in [2.75, 3.05) is 20.5 Å². The fraction of sp³-hybridized carbons (Fsp3) is 0.600. The van der Waals surface area contributed by atoms with Gasteiger partial charge < -0.3 is 23.7 Å². The Morgan fingerprint density at radius 1 is 1.25 bits per heavy atom. The predicted molar refractivity (Wildman–Crippen MR) is 71.0 cm³/mol. The molecule has 1 aromatic carbocycles. The predicted octanol–water partition coefficient (Wildman–Crippen LogP) is 1.71. The van der Waals surface area contributed by atoms with Crippen molar-refractivity contribution in [3.8, 4) is 0 Å². The third kappa shape index (κ3) is 3.19. The second kappa shape index (κ2) is 6.65. The van der Waals surface area contributed by atoms with Gasteiger partial charge in [-0.3, -0.25) is 0 Å². The summed E-state index contributed by atoms with van der Waals surface area (Å²) >= 11 is 0. The van der Waals surface area contributed by atoms with Gasteiger partial charge in [-0.15, -0.1) is 0 Å². The van der Waals surface area contributed by atoms with Crippen molar-refractivity contribution in [2.45, 2.75) is 37.6 Å². The maximum Gasteiger partial charge on any atom is 0.160 e. The van der Waals surface area contributed by atoms with Crippen LogP contribution in [-0.2, 0) is 30.3 Å². The van der Waals surface area contributed by atoms with Crippen molar-refractivity contribution in [1.82, 2.24) is 0 Å². The van der Waals surface area contributed by atoms with Gasteiger partial charge in [-0.1, -0.05) is 30.3 Å². The molecular weight excluding hydrogens is 260 g/mol. The molecule has 0 radical (unpaired) electrons. The van der Waals surface area contributed by atoms with Crippen LogP contribution < -0.4 is 0 Å². The molecule has 2 heterocycles. The van der Waals surface area contributed by atoms with Crippen LogP contribution in [-0.4, -0.2) is 45.1 Å². The number of ether oxygens (including phenoxy) is 5. The van der Waals surface area contributed by atoms with Crippen LogP contribution in [0.15, 0.2) is 30.3 Å². The van der Waals surface area contributed by atoms with E-state index >= 15 is 0 Å². The first-order valence-corrected chi connectivity index (χ1v) is 6.90. The lowest BCUT2D eigenvalue weighted by Gasteiger charge is -2.42. The maximum absolute atomic E-state index is 6.03. The van der Waals surface area contributed by atoms with Gasteiger partial charge >= 0.3 is 0 Å². The first kappa shape index (κ1) is 14.0. The van der Waals surface area contributed by atoms with E-state index in [1.54, 1.807) is 7.11 Å². The van der Waals surface area contributed by atoms with E-state index in [0.29, 0.717) is 26.4 Å². The standard InChI is InChI=1S/C15H20O5/c1-16-14-7-12(15-13(20-14)9-17-10-19-15)18-8-11-5-3-2-4-6-11/h2-6,12-15H,7-10H2,1H3/t12-,13-,14+,15+/m1/s1. The van der Waals surface area contributed by atoms with Gasteiger partial charge in [0.05, 0.1) is 19.3 Å². The lowest BCUT2D eigenvalue weighted by Crippen LogP contribution is -2.55. The average molecular weight is 280 g/mol. The number of benzene rings is 1. The monoisotopic (exact) mass is 280 g/mol. The Morgan fingerprint density at radius 3 is 2.90 bits per heavy atom. The van der Waals surface area contributed by atoms with Crippen LogP contribution in [0.3, 0.4) is 0 Å². The lowest BCUT2D eigenvalue weighted by molar-refractivity contribution is -0.310. The molecular formula is C15H20O5. The fourth-order valence-corrected chi connectivity index (χ4v) is 2.62. The molecule has 2 fully saturated rings. The SMILES string of the molecule is CO[C@@H]1C[C@@H](OCc2ccccc2)[C@@H]2OCOC[C@H]2O1. The van der Waals surface area contributed by atoms with E-state index in [1.165, 1.54) is 0 Å². The average Bonchev–Trinajstić information content (AvgIpc) is 2.53. The molecule has 5 heteroatoms. The minimum atomic E-state index is -0.262. The van der Waals surface area contributed by atoms with Crippen LogP contribution in [0.25, 0.3) is 0 Å². The summed E-state index contributed by atoms with van der Waals surface area (Å²) in [5.41, 5.74) is 1.15. The van der Waals surface area contributed by atoms with E-state index in [0.717, 1.165) is 5.56 Å². The Morgan fingerprint density at radius 2 is 2.10 bits per heavy atom. The molecule has 20 heavy (non-hydrogen) atoms. The molecule has 110 valence electrons. The quantitative estimate of drug-likeness (QED) is 0.840. The molecule has 0 N–H and O–H groups in total. The highest BCUT2D eigenvalue weighted by molar-refractivity contribution is 5.13. The molecule has 0 saturated carbocycles. The second-order valence-electron chi connectivity index (χ2n) is 5.03. The lowest BCUT2D eigenvalue weighted by atomic mass is 10.0. The molecule has 4 atom stereocenters. The van der Waals surface area contributed by atoms with E-state index < -0.39 is 0 Å². The topological polar surface area (TPSA) is 46.2 Å². The number of fused-ring (bicyclic) bond motifs is 1. The molecule has 2 aliphatic rings. The van der Waals surface area contributed by atoms with Crippen LogP contribution in [0.5, 0.6) is 0 Å². The Bertz CT molecular complexity index is 410. The summed E-state index contributed by atoms with van der Waals surface area (Å²) in [6, 6.07) is 10.1. The van der Waals surface area contributed by atoms with Crippen LogP contribution in [0.1, 0.15) is 12.0 Å². The molecule has 0 amide bonds. The minimum absolute atomic E-state index is 0.0391. The van der Waals surface area contributed by atoms with E-state index in [2.05, 4.69) is 12.1 Å². The Hall–Kier alpha value is -0.980. The zero-order valence-corrected chi connectivity index (χ0v) is 11.6. The van der Waals surface area contributed by atoms with Gasteiger partial charge in [-0.25, -0.2) is 0 Å². The van der Waals surface area contributed by atoms with Crippen LogP contribution in [0.4, 0.5) is 0 Å². The van der Waals surface area contributed by atoms with Gasteiger partial charge in [0.25, 0.3) is 0 Å². The Kier molecular flexibility index (Phi) is 4.65. The van der Waals surface area contributed by atoms with Gasteiger partial charge in [0, 0.05) is 13.5 Å². The fourth-order valence-electron chi connectivity index (χ4n) is 2.62. The first-order valence-electron chi connectivity index (χ1n) is 6.90. The normalized spacial score (nSPS) is 33.6. The summed E-state index contributed by atoms with van der Waals surface area (Å²) in [7, 11) is 1.64. The smallest absolute Gasteiger partial charge is 0.160 e. The van der Waals surface area contributed by atoms with Gasteiger partial charge in [0.15, 0.2) is 6.29 Å².